The van der Waals surface area contributed by atoms with Crippen molar-refractivity contribution in [3.05, 3.63) is 90.6 Å². The Labute approximate surface area is 142 Å². The lowest BCUT2D eigenvalue weighted by molar-refractivity contribution is 0.105. The van der Waals surface area contributed by atoms with Crippen LogP contribution in [0.3, 0.4) is 0 Å². The molecule has 2 heteroatoms. The van der Waals surface area contributed by atoms with Gasteiger partial charge >= 0.3 is 0 Å². The lowest BCUT2D eigenvalue weighted by atomic mass is 10.1. The summed E-state index contributed by atoms with van der Waals surface area (Å²) in [4.78, 5) is 12.2. The molecule has 0 aliphatic rings. The molecule has 1 heterocycles. The minimum atomic E-state index is -0.189. The molecule has 2 nitrogen and oxygen atoms in total. The summed E-state index contributed by atoms with van der Waals surface area (Å²) in [6, 6.07) is 23.1. The lowest BCUT2D eigenvalue weighted by Crippen LogP contribution is -1.99. The second-order valence-electron chi connectivity index (χ2n) is 5.49. The smallest absolute Gasteiger partial charge is 0.236 e. The Hall–Kier alpha value is -3.31. The van der Waals surface area contributed by atoms with Crippen LogP contribution in [0, 0.1) is 11.8 Å². The molecule has 3 aromatic rings. The average molecular weight is 311 g/mol. The molecule has 0 spiro atoms. The first-order valence-corrected chi connectivity index (χ1v) is 7.71. The van der Waals surface area contributed by atoms with E-state index in [1.807, 2.05) is 72.2 Å². The number of benzene rings is 2. The van der Waals surface area contributed by atoms with Crippen molar-refractivity contribution >= 4 is 11.5 Å². The maximum Gasteiger partial charge on any atom is 0.236 e. The first-order chi connectivity index (χ1) is 11.7. The third kappa shape index (κ3) is 3.21. The molecule has 0 atom stereocenters. The molecule has 24 heavy (non-hydrogen) atoms. The highest BCUT2D eigenvalue weighted by Crippen LogP contribution is 2.25. The fourth-order valence-electron chi connectivity index (χ4n) is 2.56. The fourth-order valence-corrected chi connectivity index (χ4v) is 2.56. The van der Waals surface area contributed by atoms with Crippen LogP contribution in [0.1, 0.15) is 23.0 Å². The van der Waals surface area contributed by atoms with E-state index in [4.69, 9.17) is 0 Å². The van der Waals surface area contributed by atoms with Crippen LogP contribution in [0.25, 0.3) is 17.0 Å². The summed E-state index contributed by atoms with van der Waals surface area (Å²) in [6.45, 7) is 5.97. The van der Waals surface area contributed by atoms with Gasteiger partial charge in [0, 0.05) is 11.3 Å². The number of rotatable bonds is 3. The summed E-state index contributed by atoms with van der Waals surface area (Å²) in [7, 11) is 0. The number of hydrogen-bond donors (Lipinski definition) is 0. The topological polar surface area (TPSA) is 22.0 Å². The number of allylic oxidation sites excluding steroid dienone is 1. The molecule has 0 amide bonds. The van der Waals surface area contributed by atoms with Crippen LogP contribution >= 0.6 is 0 Å². The quantitative estimate of drug-likeness (QED) is 0.499. The Kier molecular flexibility index (Phi) is 4.45. The fraction of sp³-hybridized carbons (Fsp3) is 0.0455. The summed E-state index contributed by atoms with van der Waals surface area (Å²) < 4.78 is 1.97. The highest BCUT2D eigenvalue weighted by atomic mass is 16.1. The van der Waals surface area contributed by atoms with Gasteiger partial charge < -0.3 is 4.57 Å². The standard InChI is InChI=1S/C22H17NO/c1-17(2)23-20(13-15-21(23)18-9-5-3-6-10-18)14-16-22(24)19-11-7-4-8-12-19/h3-13,15H,1H2,2H3. The van der Waals surface area contributed by atoms with Crippen molar-refractivity contribution in [3.8, 4) is 23.1 Å². The number of carbonyl (C=O) groups is 1. The van der Waals surface area contributed by atoms with Gasteiger partial charge in [-0.15, -0.1) is 0 Å². The SMILES string of the molecule is C=C(C)n1c(C#CC(=O)c2ccccc2)ccc1-c1ccccc1. The Balaban J connectivity index is 1.99. The molecule has 0 aliphatic heterocycles. The number of aromatic nitrogens is 1. The van der Waals surface area contributed by atoms with Crippen LogP contribution in [0.15, 0.2) is 79.4 Å². The average Bonchev–Trinajstić information content (AvgIpc) is 3.05. The second-order valence-corrected chi connectivity index (χ2v) is 5.49. The molecular formula is C22H17NO. The van der Waals surface area contributed by atoms with E-state index in [1.54, 1.807) is 12.1 Å². The number of hydrogen-bond acceptors (Lipinski definition) is 1. The summed E-state index contributed by atoms with van der Waals surface area (Å²) in [6.07, 6.45) is 0. The van der Waals surface area contributed by atoms with Gasteiger partial charge in [-0.3, -0.25) is 4.79 Å². The van der Waals surface area contributed by atoms with Gasteiger partial charge in [0.1, 0.15) is 0 Å². The van der Waals surface area contributed by atoms with E-state index in [0.717, 1.165) is 22.6 Å². The minimum Gasteiger partial charge on any atom is -0.307 e. The van der Waals surface area contributed by atoms with Gasteiger partial charge in [-0.25, -0.2) is 0 Å². The van der Waals surface area contributed by atoms with E-state index in [1.165, 1.54) is 0 Å². The third-order valence-electron chi connectivity index (χ3n) is 3.67. The van der Waals surface area contributed by atoms with Crippen molar-refractivity contribution in [2.75, 3.05) is 0 Å². The van der Waals surface area contributed by atoms with Crippen molar-refractivity contribution in [2.45, 2.75) is 6.92 Å². The van der Waals surface area contributed by atoms with Crippen molar-refractivity contribution in [1.29, 1.82) is 0 Å². The van der Waals surface area contributed by atoms with Crippen LogP contribution in [0.5, 0.6) is 0 Å². The van der Waals surface area contributed by atoms with E-state index < -0.39 is 0 Å². The van der Waals surface area contributed by atoms with E-state index in [0.29, 0.717) is 5.56 Å². The molecule has 0 unspecified atom stereocenters. The first-order valence-electron chi connectivity index (χ1n) is 7.71. The maximum absolute atomic E-state index is 12.2. The van der Waals surface area contributed by atoms with Crippen molar-refractivity contribution in [1.82, 2.24) is 4.57 Å². The summed E-state index contributed by atoms with van der Waals surface area (Å²) in [5.74, 6) is 5.52. The lowest BCUT2D eigenvalue weighted by Gasteiger charge is -2.10. The third-order valence-corrected chi connectivity index (χ3v) is 3.67. The summed E-state index contributed by atoms with van der Waals surface area (Å²) in [5, 5.41) is 0. The van der Waals surface area contributed by atoms with E-state index in [9.17, 15) is 4.79 Å². The molecule has 0 saturated heterocycles. The molecule has 0 saturated carbocycles. The normalized spacial score (nSPS) is 9.88. The predicted octanol–water partition coefficient (Wildman–Crippen LogP) is 4.88. The Bertz CT molecular complexity index is 938. The monoisotopic (exact) mass is 311 g/mol. The van der Waals surface area contributed by atoms with Gasteiger partial charge in [-0.05, 0) is 36.5 Å². The Morgan fingerprint density at radius 1 is 0.917 bits per heavy atom. The van der Waals surface area contributed by atoms with Crippen LogP contribution in [0.4, 0.5) is 0 Å². The summed E-state index contributed by atoms with van der Waals surface area (Å²) >= 11 is 0. The Morgan fingerprint density at radius 3 is 2.17 bits per heavy atom. The number of nitrogens with zero attached hydrogens (tertiary/aromatic N) is 1. The van der Waals surface area contributed by atoms with Crippen LogP contribution < -0.4 is 0 Å². The predicted molar refractivity (Wildman–Crippen MR) is 98.5 cm³/mol. The van der Waals surface area contributed by atoms with Gasteiger partial charge in [0.25, 0.3) is 0 Å². The zero-order chi connectivity index (χ0) is 16.9. The molecule has 3 rings (SSSR count). The van der Waals surface area contributed by atoms with Gasteiger partial charge in [0.2, 0.25) is 5.78 Å². The number of ketones is 1. The molecule has 0 aliphatic carbocycles. The molecule has 0 N–H and O–H groups in total. The maximum atomic E-state index is 12.2. The number of carbonyl (C=O) groups excluding carboxylic acids is 1. The molecule has 116 valence electrons. The zero-order valence-corrected chi connectivity index (χ0v) is 13.5. The molecule has 0 fully saturated rings. The van der Waals surface area contributed by atoms with Gasteiger partial charge in [-0.1, -0.05) is 67.2 Å². The van der Waals surface area contributed by atoms with Crippen LogP contribution in [0.2, 0.25) is 0 Å². The Morgan fingerprint density at radius 2 is 1.54 bits per heavy atom. The van der Waals surface area contributed by atoms with Gasteiger partial charge in [0.15, 0.2) is 0 Å². The molecule has 1 aromatic heterocycles. The summed E-state index contributed by atoms with van der Waals surface area (Å²) in [5.41, 5.74) is 4.31. The highest BCUT2D eigenvalue weighted by Gasteiger charge is 2.09. The first kappa shape index (κ1) is 15.6. The van der Waals surface area contributed by atoms with Crippen molar-refractivity contribution in [2.24, 2.45) is 0 Å². The molecule has 0 radical (unpaired) electrons. The van der Waals surface area contributed by atoms with Crippen LogP contribution in [-0.4, -0.2) is 10.4 Å². The number of Topliss-reactive ketones (excluding diaryl/α,β-unsaturated/α-hetero) is 1. The molecule has 2 aromatic carbocycles. The molecular weight excluding hydrogens is 294 g/mol. The van der Waals surface area contributed by atoms with Crippen molar-refractivity contribution < 1.29 is 4.79 Å². The molecule has 0 bridgehead atoms. The van der Waals surface area contributed by atoms with Gasteiger partial charge in [0.05, 0.1) is 11.4 Å². The largest absolute Gasteiger partial charge is 0.307 e. The van der Waals surface area contributed by atoms with Gasteiger partial charge in [-0.2, -0.15) is 0 Å². The zero-order valence-electron chi connectivity index (χ0n) is 13.5. The van der Waals surface area contributed by atoms with E-state index >= 15 is 0 Å². The van der Waals surface area contributed by atoms with Crippen LogP contribution in [-0.2, 0) is 0 Å². The van der Waals surface area contributed by atoms with E-state index in [2.05, 4.69) is 18.4 Å². The van der Waals surface area contributed by atoms with Crippen molar-refractivity contribution in [3.63, 3.8) is 0 Å². The minimum absolute atomic E-state index is 0.189. The second kappa shape index (κ2) is 6.85. The highest BCUT2D eigenvalue weighted by molar-refractivity contribution is 6.09. The van der Waals surface area contributed by atoms with E-state index in [-0.39, 0.29) is 5.78 Å².